The van der Waals surface area contributed by atoms with Crippen LogP contribution in [0.4, 0.5) is 0 Å². The molecule has 1 aliphatic carbocycles. The molecule has 2 N–H and O–H groups in total. The lowest BCUT2D eigenvalue weighted by molar-refractivity contribution is -0.131. The number of aliphatic hydroxyl groups excluding tert-OH is 1. The van der Waals surface area contributed by atoms with Crippen LogP contribution in [0, 0.1) is 0 Å². The first-order valence-electron chi connectivity index (χ1n) is 3.39. The van der Waals surface area contributed by atoms with Crippen LogP contribution in [0.25, 0.3) is 0 Å². The molecule has 0 unspecified atom stereocenters. The molecule has 0 aromatic rings. The molecule has 0 bridgehead atoms. The summed E-state index contributed by atoms with van der Waals surface area (Å²) in [6, 6.07) is 0. The molecule has 1 aliphatic rings. The predicted molar refractivity (Wildman–Crippen MR) is 48.9 cm³/mol. The van der Waals surface area contributed by atoms with E-state index in [-0.39, 0.29) is 0 Å². The summed E-state index contributed by atoms with van der Waals surface area (Å²) >= 11 is 0. The highest BCUT2D eigenvalue weighted by molar-refractivity contribution is 5.78. The molecule has 1 rings (SSSR count). The molecule has 0 radical (unpaired) electrons. The van der Waals surface area contributed by atoms with Gasteiger partial charge in [-0.25, -0.2) is 4.79 Å². The smallest absolute Gasteiger partial charge is 0.327 e. The summed E-state index contributed by atoms with van der Waals surface area (Å²) in [7, 11) is 1.00. The first kappa shape index (κ1) is 13.3. The summed E-state index contributed by atoms with van der Waals surface area (Å²) in [6.45, 7) is 2.96. The van der Waals surface area contributed by atoms with Crippen molar-refractivity contribution in [2.45, 2.75) is 6.42 Å². The van der Waals surface area contributed by atoms with E-state index in [1.54, 1.807) is 0 Å². The molecule has 68 valence electrons. The van der Waals surface area contributed by atoms with Crippen molar-refractivity contribution in [2.75, 3.05) is 7.11 Å². The number of aliphatic hydroxyl groups is 1. The molecule has 0 fully saturated rings. The summed E-state index contributed by atoms with van der Waals surface area (Å²) in [5.41, 5.74) is 0. The van der Waals surface area contributed by atoms with E-state index in [1.165, 1.54) is 0 Å². The minimum atomic E-state index is -0.981. The van der Waals surface area contributed by atoms with Gasteiger partial charge in [0.2, 0.25) is 0 Å². The Hall–Kier alpha value is -1.35. The van der Waals surface area contributed by atoms with Crippen LogP contribution in [-0.2, 0) is 4.79 Å². The van der Waals surface area contributed by atoms with Crippen molar-refractivity contribution in [2.24, 2.45) is 0 Å². The van der Waals surface area contributed by atoms with Crippen LogP contribution in [0.2, 0.25) is 0 Å². The van der Waals surface area contributed by atoms with E-state index in [1.807, 2.05) is 0 Å². The van der Waals surface area contributed by atoms with Crippen molar-refractivity contribution < 1.29 is 15.0 Å². The van der Waals surface area contributed by atoms with Gasteiger partial charge >= 0.3 is 5.97 Å². The van der Waals surface area contributed by atoms with Crippen molar-refractivity contribution in [3.8, 4) is 0 Å². The molecule has 3 heteroatoms. The Morgan fingerprint density at radius 2 is 1.75 bits per heavy atom. The Morgan fingerprint density at radius 3 is 1.83 bits per heavy atom. The zero-order valence-electron chi connectivity index (χ0n) is 7.10. The van der Waals surface area contributed by atoms with E-state index in [9.17, 15) is 4.79 Å². The van der Waals surface area contributed by atoms with E-state index in [4.69, 9.17) is 10.2 Å². The van der Waals surface area contributed by atoms with Crippen molar-refractivity contribution in [3.05, 3.63) is 37.0 Å². The Balaban J connectivity index is 0. The van der Waals surface area contributed by atoms with Crippen LogP contribution in [0.5, 0.6) is 0 Å². The number of hydrogen-bond acceptors (Lipinski definition) is 2. The number of carboxylic acids is 1. The Labute approximate surface area is 72.3 Å². The topological polar surface area (TPSA) is 57.5 Å². The van der Waals surface area contributed by atoms with Gasteiger partial charge < -0.3 is 10.2 Å². The highest BCUT2D eigenvalue weighted by atomic mass is 16.4. The molecule has 0 saturated heterocycles. The van der Waals surface area contributed by atoms with Gasteiger partial charge in [0.05, 0.1) is 0 Å². The van der Waals surface area contributed by atoms with E-state index >= 15 is 0 Å². The normalized spacial score (nSPS) is 10.5. The molecule has 12 heavy (non-hydrogen) atoms. The van der Waals surface area contributed by atoms with Crippen LogP contribution in [0.3, 0.4) is 0 Å². The molecule has 0 amide bonds. The summed E-state index contributed by atoms with van der Waals surface area (Å²) in [5.74, 6) is -0.981. The van der Waals surface area contributed by atoms with Gasteiger partial charge in [0.15, 0.2) is 0 Å². The quantitative estimate of drug-likeness (QED) is 0.584. The summed E-state index contributed by atoms with van der Waals surface area (Å²) in [5, 5.41) is 14.6. The predicted octanol–water partition coefficient (Wildman–Crippen LogP) is 1.37. The fourth-order valence-corrected chi connectivity index (χ4v) is 0.393. The van der Waals surface area contributed by atoms with Crippen LogP contribution >= 0.6 is 0 Å². The van der Waals surface area contributed by atoms with Crippen LogP contribution < -0.4 is 0 Å². The zero-order chi connectivity index (χ0) is 9.82. The van der Waals surface area contributed by atoms with Gasteiger partial charge in [0.1, 0.15) is 0 Å². The highest BCUT2D eigenvalue weighted by Crippen LogP contribution is 1.93. The molecule has 0 saturated carbocycles. The van der Waals surface area contributed by atoms with Gasteiger partial charge in [-0.1, -0.05) is 30.9 Å². The fraction of sp³-hybridized carbons (Fsp3) is 0.222. The zero-order valence-corrected chi connectivity index (χ0v) is 7.10. The van der Waals surface area contributed by atoms with Crippen LogP contribution in [0.15, 0.2) is 37.0 Å². The van der Waals surface area contributed by atoms with Gasteiger partial charge in [-0.05, 0) is 6.42 Å². The van der Waals surface area contributed by atoms with Crippen molar-refractivity contribution in [1.82, 2.24) is 0 Å². The van der Waals surface area contributed by atoms with Crippen molar-refractivity contribution in [3.63, 3.8) is 0 Å². The summed E-state index contributed by atoms with van der Waals surface area (Å²) in [4.78, 5) is 9.25. The maximum absolute atomic E-state index is 9.25. The van der Waals surface area contributed by atoms with Gasteiger partial charge in [-0.3, -0.25) is 0 Å². The van der Waals surface area contributed by atoms with Crippen LogP contribution in [-0.4, -0.2) is 23.3 Å². The lowest BCUT2D eigenvalue weighted by Crippen LogP contribution is -1.82. The SMILES string of the molecule is C1=CCC=C1.C=CC(=O)O.CO. The number of carboxylic acid groups (broad SMARTS) is 1. The number of hydrogen-bond donors (Lipinski definition) is 2. The molecule has 0 aliphatic heterocycles. The average Bonchev–Trinajstić information content (AvgIpc) is 2.65. The first-order valence-corrected chi connectivity index (χ1v) is 3.39. The third-order valence-electron chi connectivity index (χ3n) is 0.830. The fourth-order valence-electron chi connectivity index (χ4n) is 0.393. The first-order chi connectivity index (χ1) is 5.77. The molecular formula is C9H14O3. The van der Waals surface area contributed by atoms with Crippen LogP contribution in [0.1, 0.15) is 6.42 Å². The maximum Gasteiger partial charge on any atom is 0.327 e. The van der Waals surface area contributed by atoms with Gasteiger partial charge in [-0.2, -0.15) is 0 Å². The Morgan fingerprint density at radius 1 is 1.42 bits per heavy atom. The van der Waals surface area contributed by atoms with Gasteiger partial charge in [-0.15, -0.1) is 0 Å². The number of rotatable bonds is 1. The summed E-state index contributed by atoms with van der Waals surface area (Å²) in [6.07, 6.45) is 10.3. The minimum absolute atomic E-state index is 0.833. The second kappa shape index (κ2) is 12.3. The minimum Gasteiger partial charge on any atom is -0.478 e. The van der Waals surface area contributed by atoms with Gasteiger partial charge in [0, 0.05) is 13.2 Å². The highest BCUT2D eigenvalue weighted by Gasteiger charge is 1.73. The molecule has 0 aromatic carbocycles. The van der Waals surface area contributed by atoms with Crippen molar-refractivity contribution >= 4 is 5.97 Å². The number of aliphatic carboxylic acids is 1. The second-order valence-corrected chi connectivity index (χ2v) is 1.63. The molecule has 0 aromatic heterocycles. The third kappa shape index (κ3) is 15.9. The Bertz CT molecular complexity index is 159. The Kier molecular flexibility index (Phi) is 13.6. The average molecular weight is 170 g/mol. The lowest BCUT2D eigenvalue weighted by Gasteiger charge is -1.64. The van der Waals surface area contributed by atoms with E-state index in [0.717, 1.165) is 19.6 Å². The summed E-state index contributed by atoms with van der Waals surface area (Å²) < 4.78 is 0. The molecular weight excluding hydrogens is 156 g/mol. The molecule has 0 spiro atoms. The lowest BCUT2D eigenvalue weighted by atomic mass is 10.5. The van der Waals surface area contributed by atoms with E-state index in [0.29, 0.717) is 0 Å². The van der Waals surface area contributed by atoms with E-state index in [2.05, 4.69) is 30.9 Å². The molecule has 0 heterocycles. The maximum atomic E-state index is 9.25. The van der Waals surface area contributed by atoms with Crippen molar-refractivity contribution in [1.29, 1.82) is 0 Å². The molecule has 0 atom stereocenters. The van der Waals surface area contributed by atoms with Gasteiger partial charge in [0.25, 0.3) is 0 Å². The molecule has 3 nitrogen and oxygen atoms in total. The van der Waals surface area contributed by atoms with E-state index < -0.39 is 5.97 Å². The number of carbonyl (C=O) groups is 1. The number of allylic oxidation sites excluding steroid dienone is 4. The standard InChI is InChI=1S/C5H6.C3H4O2.CH4O/c1-2-4-5-3-1;1-2-3(4)5;1-2/h1-4H,5H2;2H,1H2,(H,4,5);2H,1H3. The third-order valence-corrected chi connectivity index (χ3v) is 0.830. The largest absolute Gasteiger partial charge is 0.478 e. The monoisotopic (exact) mass is 170 g/mol. The second-order valence-electron chi connectivity index (χ2n) is 1.63.